The van der Waals surface area contributed by atoms with Gasteiger partial charge in [-0.1, -0.05) is 0 Å². The maximum Gasteiger partial charge on any atom is 0.353 e. The van der Waals surface area contributed by atoms with Crippen LogP contribution in [0.4, 0.5) is 0 Å². The van der Waals surface area contributed by atoms with Gasteiger partial charge in [-0.2, -0.15) is 0 Å². The highest BCUT2D eigenvalue weighted by molar-refractivity contribution is 8.04. The van der Waals surface area contributed by atoms with Crippen LogP contribution in [0.15, 0.2) is 22.3 Å². The Labute approximate surface area is 124 Å². The zero-order valence-electron chi connectivity index (χ0n) is 11.1. The van der Waals surface area contributed by atoms with E-state index in [-0.39, 0.29) is 30.0 Å². The number of aliphatic hydroxyl groups excluding tert-OH is 1. The summed E-state index contributed by atoms with van der Waals surface area (Å²) in [6, 6.07) is 0. The molecule has 1 amide bonds. The molecule has 1 fully saturated rings. The largest absolute Gasteiger partial charge is 0.477 e. The quantitative estimate of drug-likeness (QED) is 0.559. The van der Waals surface area contributed by atoms with Crippen molar-refractivity contribution >= 4 is 29.6 Å². The molecule has 8 heteroatoms. The summed E-state index contributed by atoms with van der Waals surface area (Å²) in [5.41, 5.74) is 0.674. The summed E-state index contributed by atoms with van der Waals surface area (Å²) >= 11 is 1.25. The standard InChI is InChI=1S/C13H13NO6S/c1-5-2-9(16)20-7(5)3-8-10(13(18)19)14-11(17)6(4-15)12(14)21-8/h2,6-7,12,15H,3-4H2,1H3,(H,18,19)/t6-,7?,12+/m0/s1. The van der Waals surface area contributed by atoms with Crippen LogP contribution in [0.2, 0.25) is 0 Å². The van der Waals surface area contributed by atoms with Crippen molar-refractivity contribution in [1.29, 1.82) is 0 Å². The highest BCUT2D eigenvalue weighted by Gasteiger charge is 2.55. The predicted octanol–water partition coefficient (Wildman–Crippen LogP) is 0.0680. The Kier molecular flexibility index (Phi) is 3.29. The fourth-order valence-corrected chi connectivity index (χ4v) is 4.20. The van der Waals surface area contributed by atoms with E-state index >= 15 is 0 Å². The zero-order valence-corrected chi connectivity index (χ0v) is 11.9. The third-order valence-electron chi connectivity index (χ3n) is 3.80. The van der Waals surface area contributed by atoms with Crippen molar-refractivity contribution < 1.29 is 29.3 Å². The Morgan fingerprint density at radius 3 is 2.71 bits per heavy atom. The van der Waals surface area contributed by atoms with Gasteiger partial charge in [-0.15, -0.1) is 11.8 Å². The van der Waals surface area contributed by atoms with E-state index in [0.29, 0.717) is 4.91 Å². The van der Waals surface area contributed by atoms with E-state index in [1.54, 1.807) is 6.92 Å². The second-order valence-electron chi connectivity index (χ2n) is 5.10. The molecular weight excluding hydrogens is 298 g/mol. The molecule has 2 N–H and O–H groups in total. The lowest BCUT2D eigenvalue weighted by molar-refractivity contribution is -0.153. The van der Waals surface area contributed by atoms with Gasteiger partial charge in [-0.05, 0) is 12.5 Å². The summed E-state index contributed by atoms with van der Waals surface area (Å²) in [5, 5.41) is 18.1. The minimum atomic E-state index is -1.18. The molecule has 3 atom stereocenters. The number of β-lactam (4-membered cyclic amide) rings is 1. The molecule has 0 aliphatic carbocycles. The Balaban J connectivity index is 1.84. The van der Waals surface area contributed by atoms with Crippen LogP contribution in [0.5, 0.6) is 0 Å². The summed E-state index contributed by atoms with van der Waals surface area (Å²) in [6.45, 7) is 1.44. The van der Waals surface area contributed by atoms with E-state index in [2.05, 4.69) is 0 Å². The van der Waals surface area contributed by atoms with Gasteiger partial charge in [0.25, 0.3) is 0 Å². The van der Waals surface area contributed by atoms with Crippen molar-refractivity contribution in [1.82, 2.24) is 4.90 Å². The first-order valence-corrected chi connectivity index (χ1v) is 7.28. The number of hydrogen-bond donors (Lipinski definition) is 2. The Morgan fingerprint density at radius 1 is 1.48 bits per heavy atom. The maximum atomic E-state index is 11.8. The number of rotatable bonds is 4. The molecular formula is C13H13NO6S. The number of esters is 1. The van der Waals surface area contributed by atoms with Crippen LogP contribution < -0.4 is 0 Å². The molecule has 0 aromatic rings. The van der Waals surface area contributed by atoms with Gasteiger partial charge in [0, 0.05) is 17.4 Å². The fourth-order valence-electron chi connectivity index (χ4n) is 2.68. The zero-order chi connectivity index (χ0) is 15.3. The van der Waals surface area contributed by atoms with Crippen molar-refractivity contribution in [3.63, 3.8) is 0 Å². The number of thioether (sulfide) groups is 1. The van der Waals surface area contributed by atoms with Gasteiger partial charge in [0.1, 0.15) is 17.2 Å². The fraction of sp³-hybridized carbons (Fsp3) is 0.462. The van der Waals surface area contributed by atoms with Gasteiger partial charge in [0.2, 0.25) is 5.91 Å². The molecule has 1 unspecified atom stereocenters. The van der Waals surface area contributed by atoms with E-state index in [4.69, 9.17) is 4.74 Å². The van der Waals surface area contributed by atoms with Crippen molar-refractivity contribution in [2.24, 2.45) is 5.92 Å². The summed E-state index contributed by atoms with van der Waals surface area (Å²) < 4.78 is 5.11. The number of carboxylic acids is 1. The van der Waals surface area contributed by atoms with Gasteiger partial charge in [0.15, 0.2) is 0 Å². The molecule has 7 nitrogen and oxygen atoms in total. The molecule has 3 aliphatic heterocycles. The Morgan fingerprint density at radius 2 is 2.19 bits per heavy atom. The molecule has 1 saturated heterocycles. The Hall–Kier alpha value is -1.80. The van der Waals surface area contributed by atoms with Crippen LogP contribution in [0, 0.1) is 5.92 Å². The topological polar surface area (TPSA) is 104 Å². The van der Waals surface area contributed by atoms with E-state index in [0.717, 1.165) is 5.57 Å². The molecule has 0 aromatic carbocycles. The van der Waals surface area contributed by atoms with Crippen LogP contribution in [-0.2, 0) is 19.1 Å². The number of fused-ring (bicyclic) bond motifs is 1. The highest BCUT2D eigenvalue weighted by Crippen LogP contribution is 2.50. The van der Waals surface area contributed by atoms with Crippen LogP contribution in [0.1, 0.15) is 13.3 Å². The molecule has 0 radical (unpaired) electrons. The third-order valence-corrected chi connectivity index (χ3v) is 5.23. The van der Waals surface area contributed by atoms with Crippen molar-refractivity contribution in [2.75, 3.05) is 6.61 Å². The summed E-state index contributed by atoms with van der Waals surface area (Å²) in [6.07, 6.45) is 1.12. The smallest absolute Gasteiger partial charge is 0.353 e. The number of cyclic esters (lactones) is 1. The van der Waals surface area contributed by atoms with Gasteiger partial charge >= 0.3 is 11.9 Å². The average molecular weight is 311 g/mol. The van der Waals surface area contributed by atoms with Gasteiger partial charge in [-0.3, -0.25) is 9.69 Å². The van der Waals surface area contributed by atoms with E-state index < -0.39 is 24.0 Å². The van der Waals surface area contributed by atoms with Gasteiger partial charge < -0.3 is 14.9 Å². The van der Waals surface area contributed by atoms with Crippen molar-refractivity contribution in [3.8, 4) is 0 Å². The SMILES string of the molecule is CC1=CC(=O)OC1CC1=C(C(=O)O)N2C(=O)[C@H](CO)[C@H]2S1. The number of hydrogen-bond acceptors (Lipinski definition) is 6. The lowest BCUT2D eigenvalue weighted by Crippen LogP contribution is -2.58. The average Bonchev–Trinajstić information content (AvgIpc) is 2.89. The van der Waals surface area contributed by atoms with Crippen LogP contribution in [-0.4, -0.2) is 51.0 Å². The second-order valence-corrected chi connectivity index (χ2v) is 6.31. The first-order valence-electron chi connectivity index (χ1n) is 6.40. The third kappa shape index (κ3) is 2.06. The number of carboxylic acid groups (broad SMARTS) is 1. The lowest BCUT2D eigenvalue weighted by atomic mass is 9.98. The first-order chi connectivity index (χ1) is 9.93. The first kappa shape index (κ1) is 14.2. The number of carbonyl (C=O) groups is 3. The molecule has 0 saturated carbocycles. The molecule has 3 aliphatic rings. The van der Waals surface area contributed by atoms with E-state index in [9.17, 15) is 24.6 Å². The van der Waals surface area contributed by atoms with Crippen LogP contribution >= 0.6 is 11.8 Å². The molecule has 21 heavy (non-hydrogen) atoms. The number of aliphatic carboxylic acids is 1. The number of amides is 1. The minimum Gasteiger partial charge on any atom is -0.477 e. The minimum absolute atomic E-state index is 0.0598. The molecule has 3 heterocycles. The van der Waals surface area contributed by atoms with E-state index in [1.807, 2.05) is 0 Å². The monoisotopic (exact) mass is 311 g/mol. The molecule has 112 valence electrons. The maximum absolute atomic E-state index is 11.8. The van der Waals surface area contributed by atoms with Crippen molar-refractivity contribution in [2.45, 2.75) is 24.8 Å². The predicted molar refractivity (Wildman–Crippen MR) is 71.7 cm³/mol. The Bertz CT molecular complexity index is 610. The molecule has 0 spiro atoms. The number of nitrogens with zero attached hydrogens (tertiary/aromatic N) is 1. The molecule has 0 aromatic heterocycles. The number of aliphatic hydroxyl groups is 1. The second kappa shape index (κ2) is 4.88. The molecule has 3 rings (SSSR count). The highest BCUT2D eigenvalue weighted by atomic mass is 32.2. The van der Waals surface area contributed by atoms with Gasteiger partial charge in [0.05, 0.1) is 12.5 Å². The van der Waals surface area contributed by atoms with Gasteiger partial charge in [-0.25, -0.2) is 9.59 Å². The summed E-state index contributed by atoms with van der Waals surface area (Å²) in [5.74, 6) is -2.57. The van der Waals surface area contributed by atoms with Crippen LogP contribution in [0.25, 0.3) is 0 Å². The summed E-state index contributed by atoms with van der Waals surface area (Å²) in [4.78, 5) is 36.2. The van der Waals surface area contributed by atoms with Crippen LogP contribution in [0.3, 0.4) is 0 Å². The number of carbonyl (C=O) groups excluding carboxylic acids is 2. The normalized spacial score (nSPS) is 31.0. The lowest BCUT2D eigenvalue weighted by Gasteiger charge is -2.41. The van der Waals surface area contributed by atoms with E-state index in [1.165, 1.54) is 22.7 Å². The summed E-state index contributed by atoms with van der Waals surface area (Å²) in [7, 11) is 0. The van der Waals surface area contributed by atoms with Crippen molar-refractivity contribution in [3.05, 3.63) is 22.3 Å². The number of ether oxygens (including phenoxy) is 1. The molecule has 0 bridgehead atoms.